The molecule has 0 radical (unpaired) electrons. The largest absolute Gasteiger partial charge is 0.0616 e. The quantitative estimate of drug-likeness (QED) is 0.155. The maximum atomic E-state index is 2.49. The predicted octanol–water partition coefficient (Wildman–Crippen LogP) is 18.7. The van der Waals surface area contributed by atoms with Crippen LogP contribution < -0.4 is 0 Å². The summed E-state index contributed by atoms with van der Waals surface area (Å²) in [5, 5.41) is 22.7. The molecule has 0 aliphatic heterocycles. The number of rotatable bonds is 4. The summed E-state index contributed by atoms with van der Waals surface area (Å²) >= 11 is 0. The van der Waals surface area contributed by atoms with Gasteiger partial charge in [-0.25, -0.2) is 0 Å². The molecule has 14 aromatic carbocycles. The third-order valence-electron chi connectivity index (χ3n) is 14.3. The summed E-state index contributed by atoms with van der Waals surface area (Å²) in [4.78, 5) is 0. The van der Waals surface area contributed by atoms with Gasteiger partial charge in [-0.05, 0) is 190 Å². The average molecular weight is 833 g/mol. The Labute approximate surface area is 382 Å². The molecule has 0 saturated carbocycles. The molecule has 304 valence electrons. The summed E-state index contributed by atoms with van der Waals surface area (Å²) in [5.74, 6) is 0. The van der Waals surface area contributed by atoms with Crippen molar-refractivity contribution in [2.75, 3.05) is 0 Å². The highest BCUT2D eigenvalue weighted by atomic mass is 14.2. The van der Waals surface area contributed by atoms with Crippen LogP contribution in [0.15, 0.2) is 243 Å². The zero-order valence-electron chi connectivity index (χ0n) is 36.1. The van der Waals surface area contributed by atoms with Gasteiger partial charge in [0.25, 0.3) is 0 Å². The molecule has 0 bridgehead atoms. The Balaban J connectivity index is 1.07. The van der Waals surface area contributed by atoms with E-state index in [1.54, 1.807) is 0 Å². The van der Waals surface area contributed by atoms with E-state index in [1.165, 1.54) is 141 Å². The Morgan fingerprint density at radius 1 is 0.152 bits per heavy atom. The molecule has 0 unspecified atom stereocenters. The van der Waals surface area contributed by atoms with Gasteiger partial charge in [0.2, 0.25) is 0 Å². The third-order valence-corrected chi connectivity index (χ3v) is 14.3. The van der Waals surface area contributed by atoms with Crippen LogP contribution in [0.25, 0.3) is 141 Å². The van der Waals surface area contributed by atoms with Crippen LogP contribution in [0.5, 0.6) is 0 Å². The normalized spacial score (nSPS) is 11.9. The molecule has 0 aliphatic rings. The van der Waals surface area contributed by atoms with Crippen molar-refractivity contribution in [3.63, 3.8) is 0 Å². The van der Waals surface area contributed by atoms with Gasteiger partial charge in [-0.1, -0.05) is 194 Å². The van der Waals surface area contributed by atoms with Crippen molar-refractivity contribution < 1.29 is 0 Å². The first-order valence-corrected chi connectivity index (χ1v) is 23.0. The molecule has 66 heavy (non-hydrogen) atoms. The van der Waals surface area contributed by atoms with Gasteiger partial charge in [0, 0.05) is 0 Å². The Morgan fingerprint density at radius 2 is 0.409 bits per heavy atom. The molecule has 0 aliphatic carbocycles. The van der Waals surface area contributed by atoms with Crippen molar-refractivity contribution in [3.05, 3.63) is 243 Å². The first kappa shape index (κ1) is 36.9. The molecular weight excluding hydrogens is 793 g/mol. The first-order valence-electron chi connectivity index (χ1n) is 23.0. The van der Waals surface area contributed by atoms with Gasteiger partial charge in [0.1, 0.15) is 0 Å². The smallest absolute Gasteiger partial charge is 0.00137 e. The van der Waals surface area contributed by atoms with E-state index in [9.17, 15) is 0 Å². The predicted molar refractivity (Wildman–Crippen MR) is 286 cm³/mol. The number of hydrogen-bond acceptors (Lipinski definition) is 0. The second-order valence-electron chi connectivity index (χ2n) is 18.0. The number of hydrogen-bond donors (Lipinski definition) is 0. The molecule has 0 heterocycles. The van der Waals surface area contributed by atoms with Crippen LogP contribution in [0.1, 0.15) is 0 Å². The van der Waals surface area contributed by atoms with Crippen LogP contribution in [0.2, 0.25) is 0 Å². The third kappa shape index (κ3) is 5.72. The molecule has 0 fully saturated rings. The van der Waals surface area contributed by atoms with Gasteiger partial charge < -0.3 is 0 Å². The summed E-state index contributed by atoms with van der Waals surface area (Å²) in [5.41, 5.74) is 9.80. The lowest BCUT2D eigenvalue weighted by molar-refractivity contribution is 1.64. The molecule has 0 saturated heterocycles. The standard InChI is InChI=1S/C66H40/c1-3-15-43-33-49(27-25-41(43)13-1)59-35-45-17-5-7-19-47(45)37-61(59)51-29-31-55-53-21-9-12-24-58(53)66-64-40-52(30-32-56(64)54-22-10-11-23-57(54)65(66)63(55)39-51)62-38-48-20-8-6-18-46(48)36-60(62)50-28-26-42-14-2-4-16-44(42)34-50/h1-40H. The van der Waals surface area contributed by atoms with E-state index in [2.05, 4.69) is 243 Å². The molecule has 0 atom stereocenters. The zero-order chi connectivity index (χ0) is 43.3. The lowest BCUT2D eigenvalue weighted by Gasteiger charge is -2.19. The van der Waals surface area contributed by atoms with Crippen LogP contribution in [0, 0.1) is 0 Å². The fraction of sp³-hybridized carbons (Fsp3) is 0. The van der Waals surface area contributed by atoms with E-state index in [1.807, 2.05) is 0 Å². The van der Waals surface area contributed by atoms with E-state index in [4.69, 9.17) is 0 Å². The summed E-state index contributed by atoms with van der Waals surface area (Å²) in [7, 11) is 0. The maximum Gasteiger partial charge on any atom is -0.00137 e. The van der Waals surface area contributed by atoms with E-state index in [0.29, 0.717) is 0 Å². The first-order chi connectivity index (χ1) is 32.7. The fourth-order valence-electron chi connectivity index (χ4n) is 11.2. The summed E-state index contributed by atoms with van der Waals surface area (Å²) in [6.07, 6.45) is 0. The molecule has 0 spiro atoms. The van der Waals surface area contributed by atoms with E-state index < -0.39 is 0 Å². The van der Waals surface area contributed by atoms with Crippen molar-refractivity contribution in [3.8, 4) is 44.5 Å². The Bertz CT molecular complexity index is 4060. The van der Waals surface area contributed by atoms with Gasteiger partial charge in [-0.3, -0.25) is 0 Å². The topological polar surface area (TPSA) is 0 Å². The summed E-state index contributed by atoms with van der Waals surface area (Å²) in [6, 6.07) is 90.8. The van der Waals surface area contributed by atoms with Crippen molar-refractivity contribution in [1.82, 2.24) is 0 Å². The van der Waals surface area contributed by atoms with Gasteiger partial charge in [-0.2, -0.15) is 0 Å². The number of fused-ring (bicyclic) bond motifs is 15. The maximum absolute atomic E-state index is 2.49. The van der Waals surface area contributed by atoms with Crippen LogP contribution in [-0.4, -0.2) is 0 Å². The van der Waals surface area contributed by atoms with E-state index in [0.717, 1.165) is 0 Å². The summed E-state index contributed by atoms with van der Waals surface area (Å²) in [6.45, 7) is 0. The molecule has 0 nitrogen and oxygen atoms in total. The average Bonchev–Trinajstić information content (AvgIpc) is 3.39. The molecule has 0 heteroatoms. The van der Waals surface area contributed by atoms with Gasteiger partial charge in [0.05, 0.1) is 0 Å². The summed E-state index contributed by atoms with van der Waals surface area (Å²) < 4.78 is 0. The van der Waals surface area contributed by atoms with Crippen molar-refractivity contribution in [2.24, 2.45) is 0 Å². The second kappa shape index (κ2) is 14.5. The minimum atomic E-state index is 1.21. The van der Waals surface area contributed by atoms with Gasteiger partial charge in [0.15, 0.2) is 0 Å². The number of benzene rings is 14. The SMILES string of the molecule is c1ccc2cc(-c3cc4ccccc4cc3-c3ccc4c5ccccc5c5c6cc(-c7cc8ccccc8cc7-c7ccc8ccccc8c7)ccc6c6ccccc6c5c4c3)ccc2c1. The second-order valence-corrected chi connectivity index (χ2v) is 18.0. The molecule has 0 amide bonds. The Hall–Kier alpha value is -8.58. The fourth-order valence-corrected chi connectivity index (χ4v) is 11.2. The lowest BCUT2D eigenvalue weighted by Crippen LogP contribution is -1.92. The van der Waals surface area contributed by atoms with E-state index >= 15 is 0 Å². The van der Waals surface area contributed by atoms with Gasteiger partial charge >= 0.3 is 0 Å². The minimum absolute atomic E-state index is 1.21. The van der Waals surface area contributed by atoms with Crippen molar-refractivity contribution in [1.29, 1.82) is 0 Å². The van der Waals surface area contributed by atoms with Crippen molar-refractivity contribution in [2.45, 2.75) is 0 Å². The highest BCUT2D eigenvalue weighted by Gasteiger charge is 2.20. The van der Waals surface area contributed by atoms with Crippen LogP contribution in [0.3, 0.4) is 0 Å². The zero-order valence-corrected chi connectivity index (χ0v) is 36.1. The molecule has 14 aromatic rings. The van der Waals surface area contributed by atoms with Crippen LogP contribution >= 0.6 is 0 Å². The molecular formula is C66H40. The van der Waals surface area contributed by atoms with Crippen molar-refractivity contribution >= 4 is 97.0 Å². The molecule has 14 rings (SSSR count). The van der Waals surface area contributed by atoms with Crippen LogP contribution in [-0.2, 0) is 0 Å². The Morgan fingerprint density at radius 3 is 0.773 bits per heavy atom. The highest BCUT2D eigenvalue weighted by Crippen LogP contribution is 2.48. The van der Waals surface area contributed by atoms with Crippen LogP contribution in [0.4, 0.5) is 0 Å². The minimum Gasteiger partial charge on any atom is -0.0616 e. The molecule has 0 N–H and O–H groups in total. The monoisotopic (exact) mass is 832 g/mol. The Kier molecular flexibility index (Phi) is 8.08. The van der Waals surface area contributed by atoms with E-state index in [-0.39, 0.29) is 0 Å². The highest BCUT2D eigenvalue weighted by molar-refractivity contribution is 6.40. The van der Waals surface area contributed by atoms with Gasteiger partial charge in [-0.15, -0.1) is 0 Å². The lowest BCUT2D eigenvalue weighted by atomic mass is 9.84. The molecule has 0 aromatic heterocycles.